The molecular formula is C26H46O2. The average Bonchev–Trinajstić information content (AvgIpc) is 3.04. The number of hydrogen-bond acceptors (Lipinski definition) is 2. The topological polar surface area (TPSA) is 40.5 Å². The van der Waals surface area contributed by atoms with Crippen molar-refractivity contribution in [3.63, 3.8) is 0 Å². The molecular weight excluding hydrogens is 344 g/mol. The molecule has 0 amide bonds. The zero-order valence-electron chi connectivity index (χ0n) is 19.0. The molecule has 2 nitrogen and oxygen atoms in total. The van der Waals surface area contributed by atoms with Crippen LogP contribution in [0.1, 0.15) is 98.3 Å². The molecule has 0 radical (unpaired) electrons. The first kappa shape index (κ1) is 21.2. The summed E-state index contributed by atoms with van der Waals surface area (Å²) in [5.74, 6) is 4.79. The van der Waals surface area contributed by atoms with E-state index in [-0.39, 0.29) is 6.10 Å². The van der Waals surface area contributed by atoms with Crippen molar-refractivity contribution in [2.75, 3.05) is 6.61 Å². The fraction of sp³-hybridized carbons (Fsp3) is 1.00. The van der Waals surface area contributed by atoms with Gasteiger partial charge < -0.3 is 10.2 Å². The number of hydrogen-bond donors (Lipinski definition) is 2. The number of fused-ring (bicyclic) bond motifs is 5. The summed E-state index contributed by atoms with van der Waals surface area (Å²) in [6, 6.07) is 0. The predicted octanol–water partition coefficient (Wildman–Crippen LogP) is 6.05. The maximum atomic E-state index is 11.7. The van der Waals surface area contributed by atoms with E-state index in [1.807, 2.05) is 0 Å². The van der Waals surface area contributed by atoms with Crippen LogP contribution in [0.3, 0.4) is 0 Å². The molecule has 2 N–H and O–H groups in total. The Morgan fingerprint density at radius 3 is 2.39 bits per heavy atom. The quantitative estimate of drug-likeness (QED) is 0.600. The van der Waals surface area contributed by atoms with Gasteiger partial charge in [0, 0.05) is 6.61 Å². The molecule has 0 aliphatic heterocycles. The lowest BCUT2D eigenvalue weighted by molar-refractivity contribution is -0.194. The van der Waals surface area contributed by atoms with Gasteiger partial charge >= 0.3 is 0 Å². The third-order valence-corrected chi connectivity index (χ3v) is 10.9. The third kappa shape index (κ3) is 3.03. The van der Waals surface area contributed by atoms with Gasteiger partial charge in [0.1, 0.15) is 0 Å². The van der Waals surface area contributed by atoms with Gasteiger partial charge in [-0.3, -0.25) is 0 Å². The molecule has 0 spiro atoms. The maximum Gasteiger partial charge on any atom is 0.0605 e. The van der Waals surface area contributed by atoms with E-state index in [2.05, 4.69) is 27.7 Å². The zero-order chi connectivity index (χ0) is 20.1. The Kier molecular flexibility index (Phi) is 5.95. The highest BCUT2D eigenvalue weighted by Crippen LogP contribution is 2.69. The largest absolute Gasteiger partial charge is 0.396 e. The normalized spacial score (nSPS) is 51.9. The molecule has 0 saturated heterocycles. The maximum absolute atomic E-state index is 11.7. The van der Waals surface area contributed by atoms with Gasteiger partial charge in [-0.15, -0.1) is 0 Å². The van der Waals surface area contributed by atoms with E-state index in [4.69, 9.17) is 0 Å². The Labute approximate surface area is 173 Å². The van der Waals surface area contributed by atoms with E-state index in [9.17, 15) is 10.2 Å². The SMILES string of the molecule is CC[C@@H]1[C@@H](O)C2C3CC[C@H]([C@H](C)CCCO)[C@@]3(C)CCC2[C@@]2(C)CCCC[C@@H]12. The van der Waals surface area contributed by atoms with Crippen molar-refractivity contribution in [3.05, 3.63) is 0 Å². The fourth-order valence-corrected chi connectivity index (χ4v) is 9.63. The van der Waals surface area contributed by atoms with Crippen LogP contribution in [0.2, 0.25) is 0 Å². The molecule has 0 aromatic rings. The molecule has 4 saturated carbocycles. The highest BCUT2D eigenvalue weighted by molar-refractivity contribution is 5.13. The second-order valence-electron chi connectivity index (χ2n) is 11.8. The first-order valence-electron chi connectivity index (χ1n) is 12.7. The fourth-order valence-electron chi connectivity index (χ4n) is 9.63. The zero-order valence-corrected chi connectivity index (χ0v) is 19.0. The van der Waals surface area contributed by atoms with E-state index in [1.165, 1.54) is 51.4 Å². The lowest BCUT2D eigenvalue weighted by Crippen LogP contribution is -2.61. The van der Waals surface area contributed by atoms with Gasteiger partial charge in [0.25, 0.3) is 0 Å². The Bertz CT molecular complexity index is 547. The molecule has 0 bridgehead atoms. The summed E-state index contributed by atoms with van der Waals surface area (Å²) in [6.45, 7) is 10.3. The summed E-state index contributed by atoms with van der Waals surface area (Å²) < 4.78 is 0. The third-order valence-electron chi connectivity index (χ3n) is 10.9. The molecule has 0 heterocycles. The molecule has 0 aromatic carbocycles. The Balaban J connectivity index is 1.63. The number of aliphatic hydroxyl groups excluding tert-OH is 2. The van der Waals surface area contributed by atoms with E-state index in [0.717, 1.165) is 42.9 Å². The van der Waals surface area contributed by atoms with Gasteiger partial charge in [-0.2, -0.15) is 0 Å². The van der Waals surface area contributed by atoms with E-state index >= 15 is 0 Å². The molecule has 162 valence electrons. The van der Waals surface area contributed by atoms with Crippen LogP contribution in [-0.2, 0) is 0 Å². The van der Waals surface area contributed by atoms with Crippen molar-refractivity contribution in [1.82, 2.24) is 0 Å². The van der Waals surface area contributed by atoms with Crippen LogP contribution in [0.25, 0.3) is 0 Å². The monoisotopic (exact) mass is 390 g/mol. The minimum Gasteiger partial charge on any atom is -0.396 e. The second-order valence-corrected chi connectivity index (χ2v) is 11.8. The van der Waals surface area contributed by atoms with Crippen LogP contribution >= 0.6 is 0 Å². The van der Waals surface area contributed by atoms with Gasteiger partial charge in [0.2, 0.25) is 0 Å². The summed E-state index contributed by atoms with van der Waals surface area (Å²) in [5.41, 5.74) is 0.887. The van der Waals surface area contributed by atoms with Gasteiger partial charge in [-0.05, 0) is 104 Å². The lowest BCUT2D eigenvalue weighted by Gasteiger charge is -2.64. The van der Waals surface area contributed by atoms with Crippen molar-refractivity contribution in [2.24, 2.45) is 52.3 Å². The molecule has 2 heteroatoms. The first-order valence-corrected chi connectivity index (χ1v) is 12.7. The molecule has 4 aliphatic rings. The van der Waals surface area contributed by atoms with Crippen LogP contribution < -0.4 is 0 Å². The smallest absolute Gasteiger partial charge is 0.0605 e. The minimum absolute atomic E-state index is 0.0673. The molecule has 3 unspecified atom stereocenters. The minimum atomic E-state index is -0.0673. The van der Waals surface area contributed by atoms with Crippen molar-refractivity contribution in [2.45, 2.75) is 104 Å². The number of aliphatic hydroxyl groups is 2. The highest BCUT2D eigenvalue weighted by atomic mass is 16.3. The van der Waals surface area contributed by atoms with Gasteiger partial charge in [0.15, 0.2) is 0 Å². The van der Waals surface area contributed by atoms with E-state index < -0.39 is 0 Å². The first-order chi connectivity index (χ1) is 13.4. The van der Waals surface area contributed by atoms with E-state index in [0.29, 0.717) is 35.2 Å². The van der Waals surface area contributed by atoms with Crippen LogP contribution in [-0.4, -0.2) is 22.9 Å². The van der Waals surface area contributed by atoms with Crippen molar-refractivity contribution in [3.8, 4) is 0 Å². The molecule has 4 rings (SSSR count). The van der Waals surface area contributed by atoms with Crippen molar-refractivity contribution >= 4 is 0 Å². The second kappa shape index (κ2) is 7.88. The summed E-state index contributed by atoms with van der Waals surface area (Å²) in [4.78, 5) is 0. The van der Waals surface area contributed by atoms with Gasteiger partial charge in [-0.25, -0.2) is 0 Å². The average molecular weight is 391 g/mol. The summed E-state index contributed by atoms with van der Waals surface area (Å²) in [7, 11) is 0. The summed E-state index contributed by atoms with van der Waals surface area (Å²) >= 11 is 0. The summed E-state index contributed by atoms with van der Waals surface area (Å²) in [5, 5.41) is 21.0. The Morgan fingerprint density at radius 2 is 1.68 bits per heavy atom. The molecule has 4 fully saturated rings. The van der Waals surface area contributed by atoms with Crippen LogP contribution in [0, 0.1) is 52.3 Å². The summed E-state index contributed by atoms with van der Waals surface area (Å²) in [6.07, 6.45) is 14.2. The molecule has 0 aromatic heterocycles. The molecule has 28 heavy (non-hydrogen) atoms. The Hall–Kier alpha value is -0.0800. The van der Waals surface area contributed by atoms with Gasteiger partial charge in [-0.1, -0.05) is 47.0 Å². The van der Waals surface area contributed by atoms with Crippen LogP contribution in [0.4, 0.5) is 0 Å². The van der Waals surface area contributed by atoms with Crippen LogP contribution in [0.15, 0.2) is 0 Å². The standard InChI is InChI=1S/C26H46O2/c1-5-18-20-10-6-7-14-25(20,3)22-13-15-26(4)19(17(2)9-8-16-27)11-12-21(26)23(22)24(18)28/h17-24,27-28H,5-16H2,1-4H3/t17-,18+,19-,20+,21?,22?,23?,24-,25+,26-/m1/s1. The van der Waals surface area contributed by atoms with Crippen molar-refractivity contribution in [1.29, 1.82) is 0 Å². The molecule has 4 aliphatic carbocycles. The number of rotatable bonds is 5. The molecule has 10 atom stereocenters. The van der Waals surface area contributed by atoms with Gasteiger partial charge in [0.05, 0.1) is 6.10 Å². The predicted molar refractivity (Wildman–Crippen MR) is 116 cm³/mol. The van der Waals surface area contributed by atoms with E-state index in [1.54, 1.807) is 0 Å². The highest BCUT2D eigenvalue weighted by Gasteiger charge is 2.64. The van der Waals surface area contributed by atoms with Crippen LogP contribution in [0.5, 0.6) is 0 Å². The van der Waals surface area contributed by atoms with Crippen molar-refractivity contribution < 1.29 is 10.2 Å². The lowest BCUT2D eigenvalue weighted by atomic mass is 9.41. The Morgan fingerprint density at radius 1 is 0.929 bits per heavy atom.